The molecule has 1 aliphatic heterocycles. The van der Waals surface area contributed by atoms with Crippen molar-refractivity contribution < 1.29 is 4.42 Å². The lowest BCUT2D eigenvalue weighted by molar-refractivity contribution is 0.242. The lowest BCUT2D eigenvalue weighted by atomic mass is 10.1. The Morgan fingerprint density at radius 1 is 1.06 bits per heavy atom. The van der Waals surface area contributed by atoms with Crippen LogP contribution in [0.1, 0.15) is 22.6 Å². The first-order chi connectivity index (χ1) is 17.5. The molecule has 0 unspecified atom stereocenters. The highest BCUT2D eigenvalue weighted by atomic mass is 35.5. The van der Waals surface area contributed by atoms with Crippen molar-refractivity contribution in [3.63, 3.8) is 0 Å². The fraction of sp³-hybridized carbons (Fsp3) is 0.179. The summed E-state index contributed by atoms with van der Waals surface area (Å²) in [6.45, 7) is 3.87. The summed E-state index contributed by atoms with van der Waals surface area (Å²) in [7, 11) is 0. The van der Waals surface area contributed by atoms with Crippen molar-refractivity contribution in [2.24, 2.45) is 0 Å². The summed E-state index contributed by atoms with van der Waals surface area (Å²) in [4.78, 5) is 23.0. The highest BCUT2D eigenvalue weighted by molar-refractivity contribution is 6.30. The number of H-pyrrole nitrogens is 1. The number of hydrogen-bond acceptors (Lipinski definition) is 5. The minimum atomic E-state index is -0.100. The zero-order chi connectivity index (χ0) is 24.6. The van der Waals surface area contributed by atoms with Gasteiger partial charge in [0, 0.05) is 48.4 Å². The van der Waals surface area contributed by atoms with Crippen LogP contribution in [0.2, 0.25) is 5.02 Å². The summed E-state index contributed by atoms with van der Waals surface area (Å²) in [5.74, 6) is 2.15. The van der Waals surface area contributed by atoms with Gasteiger partial charge in [-0.05, 0) is 55.5 Å². The molecular formula is C28H24ClN5O2. The summed E-state index contributed by atoms with van der Waals surface area (Å²) in [5.41, 5.74) is 5.13. The summed E-state index contributed by atoms with van der Waals surface area (Å²) in [6, 6.07) is 21.2. The summed E-state index contributed by atoms with van der Waals surface area (Å²) in [6.07, 6.45) is 2.74. The van der Waals surface area contributed by atoms with Crippen molar-refractivity contribution in [2.75, 3.05) is 6.54 Å². The van der Waals surface area contributed by atoms with Crippen LogP contribution in [0.25, 0.3) is 28.5 Å². The first-order valence-corrected chi connectivity index (χ1v) is 12.2. The van der Waals surface area contributed by atoms with Gasteiger partial charge in [-0.1, -0.05) is 29.8 Å². The van der Waals surface area contributed by atoms with Crippen molar-refractivity contribution in [3.8, 4) is 28.5 Å². The second-order valence-corrected chi connectivity index (χ2v) is 9.44. The molecule has 0 spiro atoms. The maximum Gasteiger partial charge on any atom is 0.255 e. The molecule has 8 heteroatoms. The molecule has 36 heavy (non-hydrogen) atoms. The van der Waals surface area contributed by atoms with Crippen molar-refractivity contribution in [2.45, 2.75) is 26.4 Å². The van der Waals surface area contributed by atoms with Gasteiger partial charge in [-0.15, -0.1) is 0 Å². The van der Waals surface area contributed by atoms with Gasteiger partial charge < -0.3 is 9.40 Å². The van der Waals surface area contributed by atoms with E-state index in [1.807, 2.05) is 72.4 Å². The van der Waals surface area contributed by atoms with Gasteiger partial charge >= 0.3 is 0 Å². The van der Waals surface area contributed by atoms with Crippen LogP contribution in [0.15, 0.2) is 82.1 Å². The highest BCUT2D eigenvalue weighted by Gasteiger charge is 2.24. The van der Waals surface area contributed by atoms with Crippen LogP contribution >= 0.6 is 11.6 Å². The Hall–Kier alpha value is -3.94. The second-order valence-electron chi connectivity index (χ2n) is 9.00. The minimum absolute atomic E-state index is 0.100. The van der Waals surface area contributed by atoms with Crippen molar-refractivity contribution in [1.82, 2.24) is 24.6 Å². The third kappa shape index (κ3) is 4.39. The normalized spacial score (nSPS) is 13.6. The third-order valence-electron chi connectivity index (χ3n) is 6.44. The topological polar surface area (TPSA) is 80.0 Å². The van der Waals surface area contributed by atoms with E-state index in [2.05, 4.69) is 9.88 Å². The molecule has 6 rings (SSSR count). The summed E-state index contributed by atoms with van der Waals surface area (Å²) < 4.78 is 7.80. The molecule has 0 aliphatic carbocycles. The molecule has 0 radical (unpaired) electrons. The Bertz CT molecular complexity index is 1580. The molecule has 1 aliphatic rings. The number of rotatable bonds is 5. The highest BCUT2D eigenvalue weighted by Crippen LogP contribution is 2.28. The summed E-state index contributed by atoms with van der Waals surface area (Å²) in [5, 5.41) is 5.50. The fourth-order valence-corrected chi connectivity index (χ4v) is 4.73. The molecule has 2 aromatic carbocycles. The third-order valence-corrected chi connectivity index (χ3v) is 6.70. The van der Waals surface area contributed by atoms with E-state index in [4.69, 9.17) is 26.1 Å². The first kappa shape index (κ1) is 22.5. The Balaban J connectivity index is 1.29. The zero-order valence-corrected chi connectivity index (χ0v) is 20.5. The van der Waals surface area contributed by atoms with Gasteiger partial charge in [0.1, 0.15) is 17.3 Å². The number of benzene rings is 2. The molecular weight excluding hydrogens is 474 g/mol. The minimum Gasteiger partial charge on any atom is -0.460 e. The maximum atomic E-state index is 13.0. The number of para-hydroxylation sites is 1. The van der Waals surface area contributed by atoms with Crippen LogP contribution in [0, 0.1) is 6.92 Å². The second kappa shape index (κ2) is 9.26. The molecule has 7 nitrogen and oxygen atoms in total. The lowest BCUT2D eigenvalue weighted by Crippen LogP contribution is -2.35. The SMILES string of the molecule is Cc1ccc(-c2nn(-c3ccccc3)cc2CN2CCc3nc(-c4ccc(Cl)cc4)[nH]c(=O)c3C2)o1. The summed E-state index contributed by atoms with van der Waals surface area (Å²) >= 11 is 6.01. The van der Waals surface area contributed by atoms with Gasteiger partial charge in [0.15, 0.2) is 5.76 Å². The van der Waals surface area contributed by atoms with Gasteiger partial charge in [-0.3, -0.25) is 9.69 Å². The van der Waals surface area contributed by atoms with E-state index in [1.54, 1.807) is 12.1 Å². The van der Waals surface area contributed by atoms with Crippen LogP contribution in [0.4, 0.5) is 0 Å². The van der Waals surface area contributed by atoms with Gasteiger partial charge in [0.25, 0.3) is 5.56 Å². The molecule has 0 fully saturated rings. The van der Waals surface area contributed by atoms with Crippen molar-refractivity contribution in [3.05, 3.63) is 111 Å². The van der Waals surface area contributed by atoms with Crippen molar-refractivity contribution >= 4 is 11.6 Å². The molecule has 3 aromatic heterocycles. The quantitative estimate of drug-likeness (QED) is 0.351. The van der Waals surface area contributed by atoms with Gasteiger partial charge in [-0.25, -0.2) is 9.67 Å². The molecule has 0 saturated heterocycles. The predicted molar refractivity (Wildman–Crippen MR) is 139 cm³/mol. The Morgan fingerprint density at radius 2 is 1.86 bits per heavy atom. The maximum absolute atomic E-state index is 13.0. The number of halogens is 1. The largest absolute Gasteiger partial charge is 0.460 e. The number of furan rings is 1. The van der Waals surface area contributed by atoms with Crippen LogP contribution in [0.3, 0.4) is 0 Å². The molecule has 0 bridgehead atoms. The van der Waals surface area contributed by atoms with E-state index in [-0.39, 0.29) is 5.56 Å². The van der Waals surface area contributed by atoms with Crippen LogP contribution in [0.5, 0.6) is 0 Å². The number of aryl methyl sites for hydroxylation is 1. The number of nitrogens with zero attached hydrogens (tertiary/aromatic N) is 4. The van der Waals surface area contributed by atoms with Gasteiger partial charge in [0.2, 0.25) is 0 Å². The first-order valence-electron chi connectivity index (χ1n) is 11.8. The average molecular weight is 498 g/mol. The van der Waals surface area contributed by atoms with E-state index < -0.39 is 0 Å². The standard InChI is InChI=1S/C28H24ClN5O2/c1-18-7-12-25(36-18)26-20(16-34(32-26)22-5-3-2-4-6-22)15-33-14-13-24-23(17-33)28(35)31-27(30-24)19-8-10-21(29)11-9-19/h2-12,16H,13-15,17H2,1H3,(H,30,31,35). The molecule has 0 amide bonds. The van der Waals surface area contributed by atoms with E-state index in [1.165, 1.54) is 0 Å². The van der Waals surface area contributed by atoms with E-state index >= 15 is 0 Å². The molecule has 0 atom stereocenters. The average Bonchev–Trinajstić information content (AvgIpc) is 3.51. The van der Waals surface area contributed by atoms with E-state index in [0.29, 0.717) is 35.9 Å². The fourth-order valence-electron chi connectivity index (χ4n) is 4.61. The Labute approximate surface area is 213 Å². The lowest BCUT2D eigenvalue weighted by Gasteiger charge is -2.27. The van der Waals surface area contributed by atoms with E-state index in [0.717, 1.165) is 46.3 Å². The Morgan fingerprint density at radius 3 is 2.61 bits per heavy atom. The van der Waals surface area contributed by atoms with Crippen molar-refractivity contribution in [1.29, 1.82) is 0 Å². The smallest absolute Gasteiger partial charge is 0.255 e. The molecule has 0 saturated carbocycles. The van der Waals surface area contributed by atoms with E-state index in [9.17, 15) is 4.79 Å². The monoisotopic (exact) mass is 497 g/mol. The number of aromatic amines is 1. The van der Waals surface area contributed by atoms with Gasteiger partial charge in [0.05, 0.1) is 16.9 Å². The number of nitrogens with one attached hydrogen (secondary N) is 1. The molecule has 1 N–H and O–H groups in total. The number of hydrogen-bond donors (Lipinski definition) is 1. The molecule has 5 aromatic rings. The van der Waals surface area contributed by atoms with Crippen LogP contribution < -0.4 is 5.56 Å². The number of fused-ring (bicyclic) bond motifs is 1. The number of aromatic nitrogens is 4. The van der Waals surface area contributed by atoms with Crippen LogP contribution in [-0.2, 0) is 19.5 Å². The predicted octanol–water partition coefficient (Wildman–Crippen LogP) is 5.40. The van der Waals surface area contributed by atoms with Gasteiger partial charge in [-0.2, -0.15) is 5.10 Å². The Kier molecular flexibility index (Phi) is 5.79. The molecule has 180 valence electrons. The zero-order valence-electron chi connectivity index (χ0n) is 19.7. The van der Waals surface area contributed by atoms with Crippen LogP contribution in [-0.4, -0.2) is 31.2 Å². The molecule has 4 heterocycles.